The Morgan fingerprint density at radius 1 is 1.05 bits per heavy atom. The van der Waals surface area contributed by atoms with Crippen molar-refractivity contribution in [2.75, 3.05) is 0 Å². The lowest BCUT2D eigenvalue weighted by molar-refractivity contribution is -0.112. The number of sulfone groups is 1. The van der Waals surface area contributed by atoms with Crippen LogP contribution in [0, 0.1) is 0 Å². The second kappa shape index (κ2) is 5.50. The van der Waals surface area contributed by atoms with Crippen LogP contribution in [0.4, 0.5) is 0 Å². The van der Waals surface area contributed by atoms with Crippen molar-refractivity contribution < 1.29 is 13.2 Å². The molecule has 0 N–H and O–H groups in total. The van der Waals surface area contributed by atoms with Crippen LogP contribution in [0.5, 0.6) is 0 Å². The molecule has 2 aromatic rings. The highest BCUT2D eigenvalue weighted by atomic mass is 35.5. The molecule has 3 rings (SSSR count). The summed E-state index contributed by atoms with van der Waals surface area (Å²) < 4.78 is 25.1. The third-order valence-corrected chi connectivity index (χ3v) is 5.61. The van der Waals surface area contributed by atoms with Crippen LogP contribution in [-0.2, 0) is 20.4 Å². The Morgan fingerprint density at radius 2 is 1.73 bits per heavy atom. The second-order valence-corrected chi connectivity index (χ2v) is 7.58. The molecule has 22 heavy (non-hydrogen) atoms. The molecule has 0 atom stereocenters. The van der Waals surface area contributed by atoms with E-state index in [1.807, 2.05) is 0 Å². The fourth-order valence-corrected chi connectivity index (χ4v) is 4.30. The Hall–Kier alpha value is -1.69. The van der Waals surface area contributed by atoms with Crippen molar-refractivity contribution in [2.45, 2.75) is 10.6 Å². The molecule has 0 spiro atoms. The van der Waals surface area contributed by atoms with Gasteiger partial charge in [0.25, 0.3) is 5.91 Å². The molecule has 4 nitrogen and oxygen atoms in total. The number of fused-ring (bicyclic) bond motifs is 1. The molecule has 2 aromatic carbocycles. The van der Waals surface area contributed by atoms with Crippen molar-refractivity contribution in [3.63, 3.8) is 0 Å². The number of carbonyl (C=O) groups is 1. The number of rotatable bonds is 3. The number of amides is 1. The molecule has 7 heteroatoms. The standard InChI is InChI=1S/C15H9Cl2NO3S/c16-12-2-1-3-13(17)11(12)8-22(20,21)10-4-5-14-9(6-10)7-15(19)18-14/h1-7H,8H2. The van der Waals surface area contributed by atoms with Crippen LogP contribution in [0.1, 0.15) is 5.56 Å². The van der Waals surface area contributed by atoms with Crippen LogP contribution in [0.15, 0.2) is 46.3 Å². The maximum Gasteiger partial charge on any atom is 0.270 e. The summed E-state index contributed by atoms with van der Waals surface area (Å²) in [5.41, 5.74) is 0.357. The van der Waals surface area contributed by atoms with E-state index in [2.05, 4.69) is 4.99 Å². The van der Waals surface area contributed by atoms with Crippen molar-refractivity contribution in [3.05, 3.63) is 62.6 Å². The van der Waals surface area contributed by atoms with E-state index in [0.29, 0.717) is 26.2 Å². The monoisotopic (exact) mass is 353 g/mol. The maximum absolute atomic E-state index is 12.5. The van der Waals surface area contributed by atoms with E-state index in [9.17, 15) is 13.2 Å². The van der Waals surface area contributed by atoms with Crippen molar-refractivity contribution in [1.29, 1.82) is 0 Å². The van der Waals surface area contributed by atoms with Crippen LogP contribution < -0.4 is 10.6 Å². The first-order chi connectivity index (χ1) is 10.4. The number of halogens is 2. The highest BCUT2D eigenvalue weighted by Gasteiger charge is 2.20. The minimum absolute atomic E-state index is 0.100. The zero-order valence-corrected chi connectivity index (χ0v) is 13.4. The summed E-state index contributed by atoms with van der Waals surface area (Å²) in [4.78, 5) is 15.1. The van der Waals surface area contributed by atoms with Crippen molar-refractivity contribution in [1.82, 2.24) is 0 Å². The quantitative estimate of drug-likeness (QED) is 0.846. The fraction of sp³-hybridized carbons (Fsp3) is 0.0667. The lowest BCUT2D eigenvalue weighted by Crippen LogP contribution is -2.22. The average Bonchev–Trinajstić information content (AvgIpc) is 2.82. The van der Waals surface area contributed by atoms with E-state index >= 15 is 0 Å². The third kappa shape index (κ3) is 2.79. The van der Waals surface area contributed by atoms with Crippen molar-refractivity contribution in [2.24, 2.45) is 4.99 Å². The van der Waals surface area contributed by atoms with E-state index in [0.717, 1.165) is 0 Å². The first-order valence-corrected chi connectivity index (χ1v) is 8.68. The van der Waals surface area contributed by atoms with Crippen LogP contribution in [-0.4, -0.2) is 14.3 Å². The number of benzene rings is 2. The van der Waals surface area contributed by atoms with Gasteiger partial charge in [-0.05, 0) is 30.3 Å². The molecule has 1 aliphatic rings. The number of nitrogens with zero attached hydrogens (tertiary/aromatic N) is 1. The maximum atomic E-state index is 12.5. The van der Waals surface area contributed by atoms with E-state index < -0.39 is 15.7 Å². The van der Waals surface area contributed by atoms with E-state index in [4.69, 9.17) is 23.2 Å². The predicted molar refractivity (Wildman–Crippen MR) is 84.0 cm³/mol. The minimum atomic E-state index is -3.64. The van der Waals surface area contributed by atoms with Gasteiger partial charge in [0.05, 0.1) is 16.0 Å². The van der Waals surface area contributed by atoms with Crippen LogP contribution in [0.3, 0.4) is 0 Å². The predicted octanol–water partition coefficient (Wildman–Crippen LogP) is 1.91. The summed E-state index contributed by atoms with van der Waals surface area (Å²) in [7, 11) is -3.64. The molecule has 1 aliphatic heterocycles. The summed E-state index contributed by atoms with van der Waals surface area (Å²) in [6.07, 6.45) is 1.30. The number of hydrogen-bond donors (Lipinski definition) is 0. The molecular weight excluding hydrogens is 345 g/mol. The third-order valence-electron chi connectivity index (χ3n) is 3.26. The Bertz CT molecular complexity index is 993. The molecule has 0 saturated carbocycles. The van der Waals surface area contributed by atoms with Gasteiger partial charge < -0.3 is 0 Å². The van der Waals surface area contributed by atoms with Gasteiger partial charge in [0.15, 0.2) is 9.84 Å². The lowest BCUT2D eigenvalue weighted by Gasteiger charge is -2.08. The van der Waals surface area contributed by atoms with Gasteiger partial charge in [-0.15, -0.1) is 0 Å². The van der Waals surface area contributed by atoms with Gasteiger partial charge >= 0.3 is 0 Å². The molecule has 0 unspecified atom stereocenters. The molecule has 0 fully saturated rings. The molecule has 0 aromatic heterocycles. The highest BCUT2D eigenvalue weighted by molar-refractivity contribution is 7.90. The molecule has 0 saturated heterocycles. The molecule has 1 heterocycles. The Labute approximate surface area is 136 Å². The van der Waals surface area contributed by atoms with Gasteiger partial charge in [0.2, 0.25) is 0 Å². The summed E-state index contributed by atoms with van der Waals surface area (Å²) in [6, 6.07) is 9.20. The average molecular weight is 354 g/mol. The van der Waals surface area contributed by atoms with Crippen LogP contribution in [0.2, 0.25) is 10.0 Å². The topological polar surface area (TPSA) is 63.6 Å². The molecule has 112 valence electrons. The number of hydrogen-bond acceptors (Lipinski definition) is 3. The van der Waals surface area contributed by atoms with Gasteiger partial charge in [-0.1, -0.05) is 29.3 Å². The summed E-state index contributed by atoms with van der Waals surface area (Å²) in [5, 5.41) is 1.57. The van der Waals surface area contributed by atoms with Crippen LogP contribution >= 0.6 is 23.2 Å². The molecular formula is C15H9Cl2NO3S. The van der Waals surface area contributed by atoms with Gasteiger partial charge in [-0.25, -0.2) is 13.4 Å². The number of carbonyl (C=O) groups excluding carboxylic acids is 1. The Morgan fingerprint density at radius 3 is 2.41 bits per heavy atom. The first kappa shape index (κ1) is 15.2. The largest absolute Gasteiger partial charge is 0.270 e. The zero-order valence-electron chi connectivity index (χ0n) is 11.1. The molecule has 1 amide bonds. The Kier molecular flexibility index (Phi) is 3.80. The van der Waals surface area contributed by atoms with E-state index in [-0.39, 0.29) is 10.6 Å². The molecule has 0 bridgehead atoms. The summed E-state index contributed by atoms with van der Waals surface area (Å²) in [5.74, 6) is -0.700. The first-order valence-electron chi connectivity index (χ1n) is 6.27. The lowest BCUT2D eigenvalue weighted by atomic mass is 10.2. The zero-order chi connectivity index (χ0) is 15.9. The van der Waals surface area contributed by atoms with Gasteiger partial charge in [-0.3, -0.25) is 4.79 Å². The molecule has 0 radical (unpaired) electrons. The second-order valence-electron chi connectivity index (χ2n) is 4.77. The van der Waals surface area contributed by atoms with Gasteiger partial charge in [-0.2, -0.15) is 0 Å². The van der Waals surface area contributed by atoms with Gasteiger partial charge in [0, 0.05) is 26.9 Å². The van der Waals surface area contributed by atoms with Crippen LogP contribution in [0.25, 0.3) is 6.08 Å². The summed E-state index contributed by atoms with van der Waals surface area (Å²) in [6.45, 7) is 0. The van der Waals surface area contributed by atoms with E-state index in [1.54, 1.807) is 18.2 Å². The smallest absolute Gasteiger partial charge is 0.267 e. The van der Waals surface area contributed by atoms with E-state index in [1.165, 1.54) is 24.3 Å². The SMILES string of the molecule is O=C1C=c2cc(S(=O)(=O)Cc3c(Cl)cccc3Cl)ccc2=N1. The van der Waals surface area contributed by atoms with Crippen molar-refractivity contribution >= 4 is 45.0 Å². The molecule has 0 aliphatic carbocycles. The minimum Gasteiger partial charge on any atom is -0.267 e. The Balaban J connectivity index is 2.06. The highest BCUT2D eigenvalue weighted by Crippen LogP contribution is 2.28. The normalized spacial score (nSPS) is 13.5. The van der Waals surface area contributed by atoms with Crippen molar-refractivity contribution in [3.8, 4) is 0 Å². The van der Waals surface area contributed by atoms with Gasteiger partial charge in [0.1, 0.15) is 0 Å². The summed E-state index contributed by atoms with van der Waals surface area (Å²) >= 11 is 12.0. The fourth-order valence-electron chi connectivity index (χ4n) is 2.17.